The van der Waals surface area contributed by atoms with Crippen molar-refractivity contribution in [3.63, 3.8) is 0 Å². The van der Waals surface area contributed by atoms with Crippen LogP contribution in [0, 0.1) is 13.8 Å². The van der Waals surface area contributed by atoms with Crippen molar-refractivity contribution in [2.24, 2.45) is 0 Å². The average Bonchev–Trinajstić information content (AvgIpc) is 3.21. The van der Waals surface area contributed by atoms with E-state index < -0.39 is 0 Å². The van der Waals surface area contributed by atoms with Gasteiger partial charge in [0, 0.05) is 24.8 Å². The highest BCUT2D eigenvalue weighted by atomic mass is 32.1. The molecule has 1 N–H and O–H groups in total. The molecule has 0 fully saturated rings. The van der Waals surface area contributed by atoms with Gasteiger partial charge in [-0.2, -0.15) is 0 Å². The SMILES string of the molecule is Cc1nc(C)c(-c2cccc(C(=O)NCCCn3ccnn3)c2)s1. The third-order valence-electron chi connectivity index (χ3n) is 3.61. The maximum absolute atomic E-state index is 12.3. The van der Waals surface area contributed by atoms with Gasteiger partial charge in [0.1, 0.15) is 0 Å². The number of aromatic nitrogens is 4. The topological polar surface area (TPSA) is 72.7 Å². The van der Waals surface area contributed by atoms with Gasteiger partial charge in [-0.3, -0.25) is 9.48 Å². The van der Waals surface area contributed by atoms with Crippen molar-refractivity contribution in [2.75, 3.05) is 6.54 Å². The molecule has 0 bridgehead atoms. The number of carbonyl (C=O) groups is 1. The number of hydrogen-bond acceptors (Lipinski definition) is 5. The van der Waals surface area contributed by atoms with Crippen molar-refractivity contribution < 1.29 is 4.79 Å². The minimum atomic E-state index is -0.0608. The minimum absolute atomic E-state index is 0.0608. The molecule has 0 radical (unpaired) electrons. The number of thiazole rings is 1. The Morgan fingerprint density at radius 1 is 1.33 bits per heavy atom. The Kier molecular flexibility index (Phi) is 5.00. The molecule has 1 amide bonds. The molecule has 24 heavy (non-hydrogen) atoms. The van der Waals surface area contributed by atoms with Crippen LogP contribution in [-0.4, -0.2) is 32.4 Å². The van der Waals surface area contributed by atoms with Gasteiger partial charge in [0.2, 0.25) is 0 Å². The number of benzene rings is 1. The number of amides is 1. The molecule has 3 aromatic rings. The van der Waals surface area contributed by atoms with E-state index in [0.717, 1.165) is 34.1 Å². The fourth-order valence-electron chi connectivity index (χ4n) is 2.50. The minimum Gasteiger partial charge on any atom is -0.352 e. The summed E-state index contributed by atoms with van der Waals surface area (Å²) in [6, 6.07) is 7.68. The highest BCUT2D eigenvalue weighted by Crippen LogP contribution is 2.30. The lowest BCUT2D eigenvalue weighted by atomic mass is 10.1. The zero-order valence-corrected chi connectivity index (χ0v) is 14.5. The van der Waals surface area contributed by atoms with Gasteiger partial charge >= 0.3 is 0 Å². The molecule has 0 spiro atoms. The maximum atomic E-state index is 12.3. The predicted octanol–water partition coefficient (Wildman–Crippen LogP) is 2.84. The molecule has 0 unspecified atom stereocenters. The zero-order valence-electron chi connectivity index (χ0n) is 13.7. The standard InChI is InChI=1S/C17H19N5OS/c1-12-16(24-13(2)20-12)14-5-3-6-15(11-14)17(23)18-7-4-9-22-10-8-19-21-22/h3,5-6,8,10-11H,4,7,9H2,1-2H3,(H,18,23). The van der Waals surface area contributed by atoms with Gasteiger partial charge < -0.3 is 5.32 Å². The van der Waals surface area contributed by atoms with E-state index in [4.69, 9.17) is 0 Å². The van der Waals surface area contributed by atoms with E-state index in [1.165, 1.54) is 0 Å². The van der Waals surface area contributed by atoms with E-state index in [1.54, 1.807) is 22.2 Å². The fourth-order valence-corrected chi connectivity index (χ4v) is 3.41. The molecule has 0 saturated heterocycles. The first kappa shape index (κ1) is 16.3. The Bertz CT molecular complexity index is 825. The van der Waals surface area contributed by atoms with Crippen LogP contribution >= 0.6 is 11.3 Å². The summed E-state index contributed by atoms with van der Waals surface area (Å²) in [4.78, 5) is 17.9. The summed E-state index contributed by atoms with van der Waals surface area (Å²) < 4.78 is 1.75. The largest absolute Gasteiger partial charge is 0.352 e. The fraction of sp³-hybridized carbons (Fsp3) is 0.294. The molecule has 1 aromatic carbocycles. The first-order chi connectivity index (χ1) is 11.6. The van der Waals surface area contributed by atoms with Crippen LogP contribution in [0.4, 0.5) is 0 Å². The third-order valence-corrected chi connectivity index (χ3v) is 4.73. The molecule has 0 aliphatic rings. The Morgan fingerprint density at radius 2 is 2.21 bits per heavy atom. The van der Waals surface area contributed by atoms with Crippen molar-refractivity contribution in [1.29, 1.82) is 0 Å². The van der Waals surface area contributed by atoms with E-state index in [2.05, 4.69) is 20.6 Å². The van der Waals surface area contributed by atoms with Crippen LogP contribution in [0.2, 0.25) is 0 Å². The van der Waals surface area contributed by atoms with Crippen molar-refractivity contribution >= 4 is 17.2 Å². The molecule has 0 aliphatic heterocycles. The quantitative estimate of drug-likeness (QED) is 0.700. The van der Waals surface area contributed by atoms with Crippen molar-refractivity contribution in [3.05, 3.63) is 52.9 Å². The van der Waals surface area contributed by atoms with E-state index in [-0.39, 0.29) is 5.91 Å². The Balaban J connectivity index is 1.61. The number of hydrogen-bond donors (Lipinski definition) is 1. The first-order valence-electron chi connectivity index (χ1n) is 7.80. The Morgan fingerprint density at radius 3 is 2.92 bits per heavy atom. The van der Waals surface area contributed by atoms with Crippen molar-refractivity contribution in [3.8, 4) is 10.4 Å². The normalized spacial score (nSPS) is 10.8. The number of rotatable bonds is 6. The highest BCUT2D eigenvalue weighted by Gasteiger charge is 2.11. The van der Waals surface area contributed by atoms with Gasteiger partial charge in [-0.1, -0.05) is 17.3 Å². The molecule has 6 nitrogen and oxygen atoms in total. The van der Waals surface area contributed by atoms with Gasteiger partial charge in [-0.25, -0.2) is 4.98 Å². The van der Waals surface area contributed by atoms with Gasteiger partial charge in [0.15, 0.2) is 0 Å². The summed E-state index contributed by atoms with van der Waals surface area (Å²) in [7, 11) is 0. The van der Waals surface area contributed by atoms with Crippen LogP contribution in [0.15, 0.2) is 36.7 Å². The maximum Gasteiger partial charge on any atom is 0.251 e. The second-order valence-electron chi connectivity index (χ2n) is 5.50. The van der Waals surface area contributed by atoms with Crippen LogP contribution in [-0.2, 0) is 6.54 Å². The summed E-state index contributed by atoms with van der Waals surface area (Å²) >= 11 is 1.65. The average molecular weight is 341 g/mol. The van der Waals surface area contributed by atoms with Gasteiger partial charge in [0.25, 0.3) is 5.91 Å². The summed E-state index contributed by atoms with van der Waals surface area (Å²) in [6.45, 7) is 5.32. The van der Waals surface area contributed by atoms with Gasteiger partial charge in [-0.15, -0.1) is 16.4 Å². The zero-order chi connectivity index (χ0) is 16.9. The smallest absolute Gasteiger partial charge is 0.251 e. The molecule has 3 rings (SSSR count). The summed E-state index contributed by atoms with van der Waals surface area (Å²) in [5.74, 6) is -0.0608. The second-order valence-corrected chi connectivity index (χ2v) is 6.71. The third kappa shape index (κ3) is 3.86. The Labute approximate surface area is 144 Å². The van der Waals surface area contributed by atoms with Crippen LogP contribution in [0.5, 0.6) is 0 Å². The number of aryl methyl sites for hydroxylation is 3. The summed E-state index contributed by atoms with van der Waals surface area (Å²) in [5, 5.41) is 11.6. The van der Waals surface area contributed by atoms with Crippen LogP contribution < -0.4 is 5.32 Å². The lowest BCUT2D eigenvalue weighted by Gasteiger charge is -2.07. The second kappa shape index (κ2) is 7.35. The number of nitrogens with zero attached hydrogens (tertiary/aromatic N) is 4. The van der Waals surface area contributed by atoms with Crippen LogP contribution in [0.25, 0.3) is 10.4 Å². The van der Waals surface area contributed by atoms with Crippen molar-refractivity contribution in [2.45, 2.75) is 26.8 Å². The lowest BCUT2D eigenvalue weighted by molar-refractivity contribution is 0.0952. The van der Waals surface area contributed by atoms with Crippen LogP contribution in [0.3, 0.4) is 0 Å². The first-order valence-corrected chi connectivity index (χ1v) is 8.62. The number of carbonyl (C=O) groups excluding carboxylic acids is 1. The van der Waals surface area contributed by atoms with E-state index in [0.29, 0.717) is 12.1 Å². The highest BCUT2D eigenvalue weighted by molar-refractivity contribution is 7.15. The number of nitrogens with one attached hydrogen (secondary N) is 1. The molecule has 2 heterocycles. The van der Waals surface area contributed by atoms with Crippen LogP contribution in [0.1, 0.15) is 27.5 Å². The Hall–Kier alpha value is -2.54. The molecule has 0 saturated carbocycles. The molecular formula is C17H19N5OS. The van der Waals surface area contributed by atoms with E-state index in [1.807, 2.05) is 44.3 Å². The lowest BCUT2D eigenvalue weighted by Crippen LogP contribution is -2.25. The molecule has 7 heteroatoms. The molecule has 2 aromatic heterocycles. The van der Waals surface area contributed by atoms with Gasteiger partial charge in [-0.05, 0) is 38.0 Å². The van der Waals surface area contributed by atoms with E-state index >= 15 is 0 Å². The van der Waals surface area contributed by atoms with E-state index in [9.17, 15) is 4.79 Å². The monoisotopic (exact) mass is 341 g/mol. The summed E-state index contributed by atoms with van der Waals surface area (Å²) in [6.07, 6.45) is 4.26. The van der Waals surface area contributed by atoms with Gasteiger partial charge in [0.05, 0.1) is 21.8 Å². The molecule has 0 aliphatic carbocycles. The molecular weight excluding hydrogens is 322 g/mol. The molecule has 0 atom stereocenters. The summed E-state index contributed by atoms with van der Waals surface area (Å²) in [5.41, 5.74) is 2.70. The molecule has 124 valence electrons. The van der Waals surface area contributed by atoms with Crippen molar-refractivity contribution in [1.82, 2.24) is 25.3 Å². The predicted molar refractivity (Wildman–Crippen MR) is 94.0 cm³/mol.